The molecule has 2 nitrogen and oxygen atoms in total. The Morgan fingerprint density at radius 2 is 2.20 bits per heavy atom. The molecule has 4 heteroatoms. The van der Waals surface area contributed by atoms with Crippen LogP contribution in [0, 0.1) is 5.82 Å². The predicted molar refractivity (Wildman–Crippen MR) is 50.2 cm³/mol. The van der Waals surface area contributed by atoms with Crippen LogP contribution in [0.3, 0.4) is 0 Å². The van der Waals surface area contributed by atoms with Crippen molar-refractivity contribution in [3.63, 3.8) is 0 Å². The number of nitrogens with zero attached hydrogens (tertiary/aromatic N) is 1. The molecule has 0 atom stereocenters. The molecule has 0 amide bonds. The molecule has 15 heavy (non-hydrogen) atoms. The van der Waals surface area contributed by atoms with Gasteiger partial charge in [-0.15, -0.1) is 0 Å². The summed E-state index contributed by atoms with van der Waals surface area (Å²) in [5.41, 5.74) is -0.215. The van der Waals surface area contributed by atoms with E-state index in [1.54, 1.807) is 6.07 Å². The van der Waals surface area contributed by atoms with Gasteiger partial charge >= 0.3 is 0 Å². The van der Waals surface area contributed by atoms with Gasteiger partial charge in [0.05, 0.1) is 5.54 Å². The average Bonchev–Trinajstić information content (AvgIpc) is 2.99. The van der Waals surface area contributed by atoms with E-state index in [0.717, 1.165) is 0 Å². The first-order valence-electron chi connectivity index (χ1n) is 4.66. The molecule has 1 saturated carbocycles. The number of benzene rings is 1. The molecule has 0 unspecified atom stereocenters. The summed E-state index contributed by atoms with van der Waals surface area (Å²) >= 11 is 0. The second kappa shape index (κ2) is 3.55. The van der Waals surface area contributed by atoms with Gasteiger partial charge in [0.25, 0.3) is 0 Å². The zero-order valence-electron chi connectivity index (χ0n) is 7.96. The summed E-state index contributed by atoms with van der Waals surface area (Å²) in [6.07, 6.45) is 2.77. The Kier molecular flexibility index (Phi) is 2.37. The Labute approximate surface area is 85.6 Å². The van der Waals surface area contributed by atoms with Crippen molar-refractivity contribution in [3.05, 3.63) is 35.1 Å². The van der Waals surface area contributed by atoms with Gasteiger partial charge < -0.3 is 0 Å². The normalized spacial score (nSPS) is 16.9. The van der Waals surface area contributed by atoms with Crippen LogP contribution < -0.4 is 0 Å². The van der Waals surface area contributed by atoms with Crippen molar-refractivity contribution >= 4 is 6.08 Å². The van der Waals surface area contributed by atoms with Gasteiger partial charge in [0.15, 0.2) is 0 Å². The van der Waals surface area contributed by atoms with Gasteiger partial charge in [-0.3, -0.25) is 0 Å². The van der Waals surface area contributed by atoms with E-state index in [1.165, 1.54) is 18.2 Å². The zero-order valence-corrected chi connectivity index (χ0v) is 7.96. The molecule has 0 radical (unpaired) electrons. The molecule has 0 aliphatic heterocycles. The molecule has 1 aromatic rings. The summed E-state index contributed by atoms with van der Waals surface area (Å²) in [5.74, 6) is -0.581. The number of aliphatic imine (C=N–C) groups is 1. The van der Waals surface area contributed by atoms with Crippen molar-refractivity contribution in [1.29, 1.82) is 0 Å². The van der Waals surface area contributed by atoms with Gasteiger partial charge in [-0.2, -0.15) is 4.99 Å². The van der Waals surface area contributed by atoms with Crippen LogP contribution in [0.5, 0.6) is 0 Å². The molecule has 1 aromatic carbocycles. The lowest BCUT2D eigenvalue weighted by Crippen LogP contribution is -2.07. The van der Waals surface area contributed by atoms with E-state index < -0.39 is 18.0 Å². The van der Waals surface area contributed by atoms with E-state index in [2.05, 4.69) is 4.99 Å². The van der Waals surface area contributed by atoms with Crippen LogP contribution in [-0.2, 0) is 17.0 Å². The lowest BCUT2D eigenvalue weighted by Gasteiger charge is -2.12. The highest BCUT2D eigenvalue weighted by atomic mass is 19.1. The molecule has 0 aromatic heterocycles. The Morgan fingerprint density at radius 3 is 2.73 bits per heavy atom. The van der Waals surface area contributed by atoms with Crippen molar-refractivity contribution in [2.24, 2.45) is 4.99 Å². The molecule has 1 fully saturated rings. The van der Waals surface area contributed by atoms with Crippen LogP contribution in [-0.4, -0.2) is 6.08 Å². The van der Waals surface area contributed by atoms with E-state index in [1.807, 2.05) is 0 Å². The van der Waals surface area contributed by atoms with Crippen LogP contribution in [0.4, 0.5) is 8.78 Å². The Morgan fingerprint density at radius 1 is 1.47 bits per heavy atom. The highest BCUT2D eigenvalue weighted by molar-refractivity contribution is 5.44. The highest BCUT2D eigenvalue weighted by Gasteiger charge is 2.46. The third-order valence-electron chi connectivity index (χ3n) is 2.74. The first kappa shape index (κ1) is 9.99. The maximum atomic E-state index is 13.3. The predicted octanol–water partition coefficient (Wildman–Crippen LogP) is 2.62. The second-order valence-corrected chi connectivity index (χ2v) is 3.63. The van der Waals surface area contributed by atoms with E-state index >= 15 is 0 Å². The fourth-order valence-electron chi connectivity index (χ4n) is 1.78. The molecule has 0 saturated heterocycles. The summed E-state index contributed by atoms with van der Waals surface area (Å²) < 4.78 is 25.9. The monoisotopic (exact) mass is 209 g/mol. The van der Waals surface area contributed by atoms with Crippen molar-refractivity contribution in [1.82, 2.24) is 0 Å². The Balaban J connectivity index is 2.53. The van der Waals surface area contributed by atoms with Crippen molar-refractivity contribution in [2.75, 3.05) is 0 Å². The SMILES string of the molecule is O=C=NC1(c2cccc(F)c2CF)CC1. The topological polar surface area (TPSA) is 29.4 Å². The molecule has 0 heterocycles. The number of isocyanates is 1. The maximum absolute atomic E-state index is 13.3. The van der Waals surface area contributed by atoms with Gasteiger partial charge in [0.1, 0.15) is 12.5 Å². The summed E-state index contributed by atoms with van der Waals surface area (Å²) in [6, 6.07) is 4.33. The minimum Gasteiger partial charge on any atom is -0.246 e. The smallest absolute Gasteiger partial charge is 0.235 e. The summed E-state index contributed by atoms with van der Waals surface area (Å²) in [4.78, 5) is 13.9. The van der Waals surface area contributed by atoms with E-state index in [0.29, 0.717) is 18.4 Å². The minimum absolute atomic E-state index is 0.00833. The quantitative estimate of drug-likeness (QED) is 0.555. The van der Waals surface area contributed by atoms with Gasteiger partial charge in [-0.1, -0.05) is 12.1 Å². The van der Waals surface area contributed by atoms with Crippen LogP contribution in [0.25, 0.3) is 0 Å². The van der Waals surface area contributed by atoms with Gasteiger partial charge in [0.2, 0.25) is 6.08 Å². The van der Waals surface area contributed by atoms with Crippen LogP contribution in [0.1, 0.15) is 24.0 Å². The van der Waals surface area contributed by atoms with E-state index in [4.69, 9.17) is 0 Å². The Bertz CT molecular complexity index is 434. The number of halogens is 2. The molecule has 2 rings (SSSR count). The summed E-state index contributed by atoms with van der Waals surface area (Å²) in [5, 5.41) is 0. The average molecular weight is 209 g/mol. The number of hydrogen-bond acceptors (Lipinski definition) is 2. The van der Waals surface area contributed by atoms with Gasteiger partial charge in [0, 0.05) is 5.56 Å². The fraction of sp³-hybridized carbons (Fsp3) is 0.364. The molecule has 0 spiro atoms. The number of hydrogen-bond donors (Lipinski definition) is 0. The van der Waals surface area contributed by atoms with Crippen LogP contribution in [0.15, 0.2) is 23.2 Å². The second-order valence-electron chi connectivity index (χ2n) is 3.63. The van der Waals surface area contributed by atoms with Gasteiger partial charge in [-0.05, 0) is 24.5 Å². The maximum Gasteiger partial charge on any atom is 0.235 e. The number of carbonyl (C=O) groups excluding carboxylic acids is 1. The Hall–Kier alpha value is -1.54. The number of rotatable bonds is 3. The molecule has 0 N–H and O–H groups in total. The third kappa shape index (κ3) is 1.57. The fourth-order valence-corrected chi connectivity index (χ4v) is 1.78. The highest BCUT2D eigenvalue weighted by Crippen LogP contribution is 2.50. The lowest BCUT2D eigenvalue weighted by molar-refractivity contribution is 0.455. The molecular weight excluding hydrogens is 200 g/mol. The zero-order chi connectivity index (χ0) is 10.9. The lowest BCUT2D eigenvalue weighted by atomic mass is 9.99. The first-order valence-corrected chi connectivity index (χ1v) is 4.66. The van der Waals surface area contributed by atoms with E-state index in [-0.39, 0.29) is 5.56 Å². The van der Waals surface area contributed by atoms with Crippen molar-refractivity contribution < 1.29 is 13.6 Å². The largest absolute Gasteiger partial charge is 0.246 e. The molecule has 1 aliphatic rings. The molecular formula is C11H9F2NO. The summed E-state index contributed by atoms with van der Waals surface area (Å²) in [7, 11) is 0. The van der Waals surface area contributed by atoms with E-state index in [9.17, 15) is 13.6 Å². The first-order chi connectivity index (χ1) is 7.23. The standard InChI is InChI=1S/C11H9F2NO/c12-6-8-9(2-1-3-10(8)13)11(4-5-11)14-7-15/h1-3H,4-6H2. The van der Waals surface area contributed by atoms with Crippen LogP contribution in [0.2, 0.25) is 0 Å². The van der Waals surface area contributed by atoms with Crippen LogP contribution >= 0.6 is 0 Å². The summed E-state index contributed by atoms with van der Waals surface area (Å²) in [6.45, 7) is -0.877. The molecule has 1 aliphatic carbocycles. The number of alkyl halides is 1. The van der Waals surface area contributed by atoms with Gasteiger partial charge in [-0.25, -0.2) is 13.6 Å². The van der Waals surface area contributed by atoms with Crippen molar-refractivity contribution in [3.8, 4) is 0 Å². The third-order valence-corrected chi connectivity index (χ3v) is 2.74. The molecule has 78 valence electrons. The minimum atomic E-state index is -0.877. The molecule has 0 bridgehead atoms. The van der Waals surface area contributed by atoms with Crippen molar-refractivity contribution in [2.45, 2.75) is 25.1 Å².